The normalized spacial score (nSPS) is 10.9. The number of benzene rings is 1. The van der Waals surface area contributed by atoms with E-state index in [1.54, 1.807) is 19.4 Å². The number of amides is 1. The second-order valence-electron chi connectivity index (χ2n) is 5.83. The van der Waals surface area contributed by atoms with Crippen molar-refractivity contribution >= 4 is 39.2 Å². The fourth-order valence-corrected chi connectivity index (χ4v) is 3.48. The summed E-state index contributed by atoms with van der Waals surface area (Å²) in [6.07, 6.45) is 1.92. The van der Waals surface area contributed by atoms with Crippen LogP contribution in [0.25, 0.3) is 10.9 Å². The predicted octanol–water partition coefficient (Wildman–Crippen LogP) is 3.10. The van der Waals surface area contributed by atoms with E-state index >= 15 is 0 Å². The molecular weight excluding hydrogens is 366 g/mol. The third-order valence-electron chi connectivity index (χ3n) is 3.97. The Morgan fingerprint density at radius 2 is 2.11 bits per heavy atom. The minimum atomic E-state index is -0.332. The van der Waals surface area contributed by atoms with Crippen molar-refractivity contribution in [3.05, 3.63) is 47.1 Å². The molecule has 2 heterocycles. The Kier molecular flexibility index (Phi) is 6.20. The summed E-state index contributed by atoms with van der Waals surface area (Å²) in [4.78, 5) is 28.6. The van der Waals surface area contributed by atoms with Crippen LogP contribution < -0.4 is 5.32 Å². The van der Waals surface area contributed by atoms with Crippen molar-refractivity contribution in [2.24, 2.45) is 0 Å². The van der Waals surface area contributed by atoms with Crippen LogP contribution in [0.3, 0.4) is 0 Å². The number of carbonyl (C=O) groups excluding carboxylic acids is 2. The quantitative estimate of drug-likeness (QED) is 0.601. The summed E-state index contributed by atoms with van der Waals surface area (Å²) in [7, 11) is 1.65. The number of para-hydroxylation sites is 1. The van der Waals surface area contributed by atoms with Crippen molar-refractivity contribution in [1.82, 2.24) is 9.55 Å². The molecule has 3 rings (SSSR count). The number of thiazole rings is 1. The van der Waals surface area contributed by atoms with Crippen LogP contribution in [0.15, 0.2) is 35.8 Å². The molecule has 0 saturated heterocycles. The number of hydrogen-bond acceptors (Lipinski definition) is 6. The van der Waals surface area contributed by atoms with E-state index in [0.717, 1.165) is 10.9 Å². The molecule has 0 spiro atoms. The van der Waals surface area contributed by atoms with Crippen molar-refractivity contribution in [1.29, 1.82) is 0 Å². The maximum atomic E-state index is 12.8. The molecule has 0 saturated carbocycles. The van der Waals surface area contributed by atoms with Gasteiger partial charge in [0.2, 0.25) is 0 Å². The van der Waals surface area contributed by atoms with Gasteiger partial charge in [0.25, 0.3) is 5.91 Å². The van der Waals surface area contributed by atoms with Gasteiger partial charge in [-0.3, -0.25) is 14.9 Å². The molecule has 0 bridgehead atoms. The Morgan fingerprint density at radius 3 is 2.89 bits per heavy atom. The number of methoxy groups -OCH3 is 1. The number of aromatic nitrogens is 2. The number of nitrogens with zero attached hydrogens (tertiary/aromatic N) is 2. The van der Waals surface area contributed by atoms with Crippen LogP contribution in [0.2, 0.25) is 0 Å². The maximum Gasteiger partial charge on any atom is 0.311 e. The Balaban J connectivity index is 1.77. The zero-order valence-corrected chi connectivity index (χ0v) is 16.0. The molecule has 3 aromatic rings. The third kappa shape index (κ3) is 4.53. The molecule has 1 aromatic carbocycles. The second kappa shape index (κ2) is 8.79. The monoisotopic (exact) mass is 387 g/mol. The molecule has 1 N–H and O–H groups in total. The van der Waals surface area contributed by atoms with E-state index in [2.05, 4.69) is 10.3 Å². The van der Waals surface area contributed by atoms with E-state index in [-0.39, 0.29) is 18.3 Å². The van der Waals surface area contributed by atoms with Gasteiger partial charge in [0.05, 0.1) is 30.9 Å². The zero-order chi connectivity index (χ0) is 19.2. The highest BCUT2D eigenvalue weighted by Gasteiger charge is 2.17. The number of rotatable bonds is 8. The Bertz CT molecular complexity index is 947. The molecule has 2 aromatic heterocycles. The van der Waals surface area contributed by atoms with Gasteiger partial charge in [-0.1, -0.05) is 18.2 Å². The number of hydrogen-bond donors (Lipinski definition) is 1. The molecule has 1 amide bonds. The molecule has 0 fully saturated rings. The molecule has 8 heteroatoms. The van der Waals surface area contributed by atoms with Crippen LogP contribution in [0.1, 0.15) is 23.0 Å². The molecular formula is C19H21N3O4S. The molecule has 0 radical (unpaired) electrons. The standard InChI is InChI=1S/C19H21N3O4S/c1-3-26-17(23)10-13-12-27-19(20-13)21-18(24)15-11-22(8-9-25-2)16-7-5-4-6-14(15)16/h4-7,11-12H,3,8-10H2,1-2H3,(H,20,21,24). The first-order valence-electron chi connectivity index (χ1n) is 8.60. The highest BCUT2D eigenvalue weighted by atomic mass is 32.1. The highest BCUT2D eigenvalue weighted by molar-refractivity contribution is 7.14. The lowest BCUT2D eigenvalue weighted by Crippen LogP contribution is -2.12. The van der Waals surface area contributed by atoms with E-state index < -0.39 is 0 Å². The van der Waals surface area contributed by atoms with Crippen LogP contribution in [0.4, 0.5) is 5.13 Å². The molecule has 0 aliphatic carbocycles. The molecule has 0 aliphatic rings. The van der Waals surface area contributed by atoms with Crippen molar-refractivity contribution in [2.45, 2.75) is 19.9 Å². The fourth-order valence-electron chi connectivity index (χ4n) is 2.77. The molecule has 7 nitrogen and oxygen atoms in total. The average molecular weight is 387 g/mol. The van der Waals surface area contributed by atoms with Crippen LogP contribution in [0.5, 0.6) is 0 Å². The maximum absolute atomic E-state index is 12.8. The summed E-state index contributed by atoms with van der Waals surface area (Å²) in [6.45, 7) is 3.31. The topological polar surface area (TPSA) is 82.5 Å². The van der Waals surface area contributed by atoms with Gasteiger partial charge < -0.3 is 14.0 Å². The van der Waals surface area contributed by atoms with Gasteiger partial charge in [-0.2, -0.15) is 0 Å². The van der Waals surface area contributed by atoms with Gasteiger partial charge in [-0.25, -0.2) is 4.98 Å². The van der Waals surface area contributed by atoms with Crippen molar-refractivity contribution in [3.8, 4) is 0 Å². The number of esters is 1. The Morgan fingerprint density at radius 1 is 1.30 bits per heavy atom. The molecule has 142 valence electrons. The van der Waals surface area contributed by atoms with Crippen LogP contribution >= 0.6 is 11.3 Å². The summed E-state index contributed by atoms with van der Waals surface area (Å²) in [5.74, 6) is -0.568. The van der Waals surface area contributed by atoms with Gasteiger partial charge in [0.1, 0.15) is 0 Å². The minimum absolute atomic E-state index is 0.0938. The molecule has 0 unspecified atom stereocenters. The lowest BCUT2D eigenvalue weighted by Gasteiger charge is -2.03. The summed E-state index contributed by atoms with van der Waals surface area (Å²) in [6, 6.07) is 7.74. The summed E-state index contributed by atoms with van der Waals surface area (Å²) in [5, 5.41) is 5.88. The van der Waals surface area contributed by atoms with Crippen molar-refractivity contribution in [3.63, 3.8) is 0 Å². The van der Waals surface area contributed by atoms with Crippen molar-refractivity contribution in [2.75, 3.05) is 25.6 Å². The number of anilines is 1. The van der Waals surface area contributed by atoms with E-state index in [1.165, 1.54) is 11.3 Å². The van der Waals surface area contributed by atoms with E-state index in [1.807, 2.05) is 35.0 Å². The second-order valence-corrected chi connectivity index (χ2v) is 6.68. The van der Waals surface area contributed by atoms with E-state index in [9.17, 15) is 9.59 Å². The van der Waals surface area contributed by atoms with Gasteiger partial charge in [-0.05, 0) is 13.0 Å². The zero-order valence-electron chi connectivity index (χ0n) is 15.2. The number of carbonyl (C=O) groups is 2. The fraction of sp³-hybridized carbons (Fsp3) is 0.316. The predicted molar refractivity (Wildman–Crippen MR) is 104 cm³/mol. The lowest BCUT2D eigenvalue weighted by molar-refractivity contribution is -0.142. The summed E-state index contributed by atoms with van der Waals surface area (Å²) in [5.41, 5.74) is 2.13. The number of nitrogens with one attached hydrogen (secondary N) is 1. The van der Waals surface area contributed by atoms with Gasteiger partial charge >= 0.3 is 5.97 Å². The van der Waals surface area contributed by atoms with Crippen LogP contribution in [0, 0.1) is 0 Å². The lowest BCUT2D eigenvalue weighted by atomic mass is 10.1. The van der Waals surface area contributed by atoms with E-state index in [0.29, 0.717) is 36.1 Å². The van der Waals surface area contributed by atoms with E-state index in [4.69, 9.17) is 9.47 Å². The first-order valence-corrected chi connectivity index (χ1v) is 9.48. The minimum Gasteiger partial charge on any atom is -0.466 e. The SMILES string of the molecule is CCOC(=O)Cc1csc(NC(=O)c2cn(CCOC)c3ccccc23)n1. The first kappa shape index (κ1) is 19.1. The van der Waals surface area contributed by atoms with Gasteiger partial charge in [0.15, 0.2) is 5.13 Å². The van der Waals surface area contributed by atoms with Crippen LogP contribution in [-0.4, -0.2) is 41.8 Å². The molecule has 27 heavy (non-hydrogen) atoms. The largest absolute Gasteiger partial charge is 0.466 e. The average Bonchev–Trinajstić information content (AvgIpc) is 3.24. The molecule has 0 atom stereocenters. The van der Waals surface area contributed by atoms with Gasteiger partial charge in [0, 0.05) is 36.1 Å². The molecule has 0 aliphatic heterocycles. The summed E-state index contributed by atoms with van der Waals surface area (Å²) < 4.78 is 12.1. The van der Waals surface area contributed by atoms with Crippen LogP contribution in [-0.2, 0) is 27.2 Å². The third-order valence-corrected chi connectivity index (χ3v) is 4.78. The highest BCUT2D eigenvalue weighted by Crippen LogP contribution is 2.23. The first-order chi connectivity index (χ1) is 13.1. The smallest absolute Gasteiger partial charge is 0.311 e. The Hall–Kier alpha value is -2.71. The Labute approximate surface area is 160 Å². The number of ether oxygens (including phenoxy) is 2. The summed E-state index contributed by atoms with van der Waals surface area (Å²) >= 11 is 1.28. The van der Waals surface area contributed by atoms with Crippen molar-refractivity contribution < 1.29 is 19.1 Å². The van der Waals surface area contributed by atoms with Gasteiger partial charge in [-0.15, -0.1) is 11.3 Å². The number of fused-ring (bicyclic) bond motifs is 1.